The molecule has 2 nitrogen and oxygen atoms in total. The van der Waals surface area contributed by atoms with Gasteiger partial charge in [-0.2, -0.15) is 13.2 Å². The summed E-state index contributed by atoms with van der Waals surface area (Å²) in [5.74, 6) is 0.589. The Morgan fingerprint density at radius 1 is 1.21 bits per heavy atom. The number of aliphatic hydroxyl groups is 1. The maximum Gasteiger partial charge on any atom is 0.416 e. The van der Waals surface area contributed by atoms with E-state index >= 15 is 0 Å². The fraction of sp³-hybridized carbons (Fsp3) is 0.231. The van der Waals surface area contributed by atoms with Crippen molar-refractivity contribution in [1.82, 2.24) is 0 Å². The van der Waals surface area contributed by atoms with Crippen LogP contribution in [0.1, 0.15) is 24.4 Å². The van der Waals surface area contributed by atoms with E-state index in [9.17, 15) is 18.3 Å². The molecule has 0 fully saturated rings. The summed E-state index contributed by atoms with van der Waals surface area (Å²) in [6.45, 7) is 1.52. The van der Waals surface area contributed by atoms with Crippen LogP contribution in [0.2, 0.25) is 0 Å². The van der Waals surface area contributed by atoms with Crippen LogP contribution < -0.4 is 0 Å². The molecular formula is C13H10BrF3O2. The van der Waals surface area contributed by atoms with Gasteiger partial charge in [-0.15, -0.1) is 0 Å². The van der Waals surface area contributed by atoms with Gasteiger partial charge in [0.1, 0.15) is 17.6 Å². The van der Waals surface area contributed by atoms with Gasteiger partial charge in [0.05, 0.1) is 5.56 Å². The standard InChI is InChI=1S/C13H10BrF3O2/c1-7(18)11-2-3-12(19-11)8-4-9(13(15,16)17)6-10(14)5-8/h2-7,18H,1H3. The van der Waals surface area contributed by atoms with Crippen LogP contribution >= 0.6 is 15.9 Å². The molecule has 0 spiro atoms. The van der Waals surface area contributed by atoms with E-state index in [4.69, 9.17) is 4.42 Å². The second-order valence-corrected chi connectivity index (χ2v) is 5.02. The van der Waals surface area contributed by atoms with E-state index in [0.29, 0.717) is 15.8 Å². The lowest BCUT2D eigenvalue weighted by atomic mass is 10.1. The Labute approximate surface area is 116 Å². The lowest BCUT2D eigenvalue weighted by Gasteiger charge is -2.09. The van der Waals surface area contributed by atoms with Crippen LogP contribution in [0, 0.1) is 0 Å². The van der Waals surface area contributed by atoms with Gasteiger partial charge in [-0.3, -0.25) is 0 Å². The summed E-state index contributed by atoms with van der Waals surface area (Å²) in [4.78, 5) is 0. The highest BCUT2D eigenvalue weighted by Crippen LogP contribution is 2.35. The summed E-state index contributed by atoms with van der Waals surface area (Å²) in [6, 6.07) is 6.61. The fourth-order valence-corrected chi connectivity index (χ4v) is 2.12. The van der Waals surface area contributed by atoms with E-state index in [1.807, 2.05) is 0 Å². The molecule has 0 saturated carbocycles. The summed E-state index contributed by atoms with van der Waals surface area (Å²) in [5.41, 5.74) is -0.458. The van der Waals surface area contributed by atoms with E-state index in [1.54, 1.807) is 0 Å². The average molecular weight is 335 g/mol. The summed E-state index contributed by atoms with van der Waals surface area (Å²) < 4.78 is 43.7. The molecule has 1 aromatic heterocycles. The van der Waals surface area contributed by atoms with Crippen LogP contribution in [0.15, 0.2) is 39.2 Å². The molecule has 1 atom stereocenters. The molecule has 2 aromatic rings. The average Bonchev–Trinajstić information content (AvgIpc) is 2.76. The van der Waals surface area contributed by atoms with Gasteiger partial charge < -0.3 is 9.52 Å². The maximum atomic E-state index is 12.7. The lowest BCUT2D eigenvalue weighted by molar-refractivity contribution is -0.137. The lowest BCUT2D eigenvalue weighted by Crippen LogP contribution is -2.04. The number of aliphatic hydroxyl groups excluding tert-OH is 1. The van der Waals surface area contributed by atoms with Gasteiger partial charge in [-0.1, -0.05) is 15.9 Å². The van der Waals surface area contributed by atoms with Gasteiger partial charge in [0.25, 0.3) is 0 Å². The van der Waals surface area contributed by atoms with Crippen LogP contribution in [0.5, 0.6) is 0 Å². The Morgan fingerprint density at radius 3 is 2.42 bits per heavy atom. The van der Waals surface area contributed by atoms with Gasteiger partial charge in [0.2, 0.25) is 0 Å². The molecule has 1 aromatic carbocycles. The molecule has 0 aliphatic heterocycles. The first kappa shape index (κ1) is 14.1. The minimum absolute atomic E-state index is 0.280. The monoisotopic (exact) mass is 334 g/mol. The Bertz CT molecular complexity index is 588. The van der Waals surface area contributed by atoms with Crippen LogP contribution in [0.3, 0.4) is 0 Å². The first-order chi connectivity index (χ1) is 8.77. The topological polar surface area (TPSA) is 33.4 Å². The predicted molar refractivity (Wildman–Crippen MR) is 67.5 cm³/mol. The number of alkyl halides is 3. The number of hydrogen-bond donors (Lipinski definition) is 1. The van der Waals surface area contributed by atoms with E-state index in [0.717, 1.165) is 12.1 Å². The Morgan fingerprint density at radius 2 is 1.89 bits per heavy atom. The summed E-state index contributed by atoms with van der Waals surface area (Å²) in [5, 5.41) is 9.34. The van der Waals surface area contributed by atoms with Gasteiger partial charge in [0, 0.05) is 10.0 Å². The quantitative estimate of drug-likeness (QED) is 0.857. The number of rotatable bonds is 2. The zero-order valence-corrected chi connectivity index (χ0v) is 11.4. The summed E-state index contributed by atoms with van der Waals surface area (Å²) >= 11 is 3.05. The van der Waals surface area contributed by atoms with Crippen LogP contribution in [0.25, 0.3) is 11.3 Å². The second-order valence-electron chi connectivity index (χ2n) is 4.10. The Kier molecular flexibility index (Phi) is 3.73. The van der Waals surface area contributed by atoms with Gasteiger partial charge >= 0.3 is 6.18 Å². The van der Waals surface area contributed by atoms with Crippen molar-refractivity contribution in [3.63, 3.8) is 0 Å². The molecule has 0 bridgehead atoms. The van der Waals surface area contributed by atoms with Gasteiger partial charge in [-0.25, -0.2) is 0 Å². The summed E-state index contributed by atoms with van der Waals surface area (Å²) in [6.07, 6.45) is -5.22. The first-order valence-electron chi connectivity index (χ1n) is 5.43. The number of halogens is 4. The van der Waals surface area contributed by atoms with Crippen LogP contribution in [0.4, 0.5) is 13.2 Å². The van der Waals surface area contributed by atoms with E-state index in [1.165, 1.54) is 25.1 Å². The van der Waals surface area contributed by atoms with Crippen LogP contribution in [-0.4, -0.2) is 5.11 Å². The van der Waals surface area contributed by atoms with Crippen molar-refractivity contribution >= 4 is 15.9 Å². The molecule has 0 aliphatic carbocycles. The van der Waals surface area contributed by atoms with Crippen molar-refractivity contribution in [1.29, 1.82) is 0 Å². The smallest absolute Gasteiger partial charge is 0.416 e. The molecule has 1 heterocycles. The van der Waals surface area contributed by atoms with Gasteiger partial charge in [-0.05, 0) is 37.3 Å². The molecule has 0 amide bonds. The van der Waals surface area contributed by atoms with E-state index < -0.39 is 17.8 Å². The Hall–Kier alpha value is -1.27. The molecule has 6 heteroatoms. The van der Waals surface area contributed by atoms with Crippen molar-refractivity contribution in [2.45, 2.75) is 19.2 Å². The predicted octanol–water partition coefficient (Wildman–Crippen LogP) is 4.78. The normalized spacial score (nSPS) is 13.6. The minimum Gasteiger partial charge on any atom is -0.458 e. The molecule has 0 saturated heterocycles. The SMILES string of the molecule is CC(O)c1ccc(-c2cc(Br)cc(C(F)(F)F)c2)o1. The van der Waals surface area contributed by atoms with Crippen molar-refractivity contribution in [3.8, 4) is 11.3 Å². The number of hydrogen-bond acceptors (Lipinski definition) is 2. The molecule has 0 radical (unpaired) electrons. The third-order valence-corrected chi connectivity index (χ3v) is 3.01. The van der Waals surface area contributed by atoms with Crippen molar-refractivity contribution < 1.29 is 22.7 Å². The maximum absolute atomic E-state index is 12.7. The van der Waals surface area contributed by atoms with Crippen LogP contribution in [-0.2, 0) is 6.18 Å². The third-order valence-electron chi connectivity index (χ3n) is 2.55. The van der Waals surface area contributed by atoms with Crippen molar-refractivity contribution in [2.75, 3.05) is 0 Å². The second kappa shape index (κ2) is 5.02. The Balaban J connectivity index is 2.47. The van der Waals surface area contributed by atoms with Crippen molar-refractivity contribution in [2.24, 2.45) is 0 Å². The first-order valence-corrected chi connectivity index (χ1v) is 6.22. The fourth-order valence-electron chi connectivity index (χ4n) is 1.63. The summed E-state index contributed by atoms with van der Waals surface area (Å²) in [7, 11) is 0. The number of benzene rings is 1. The van der Waals surface area contributed by atoms with Gasteiger partial charge in [0.15, 0.2) is 0 Å². The molecule has 102 valence electrons. The highest BCUT2D eigenvalue weighted by molar-refractivity contribution is 9.10. The highest BCUT2D eigenvalue weighted by Gasteiger charge is 2.31. The highest BCUT2D eigenvalue weighted by atomic mass is 79.9. The molecular weight excluding hydrogens is 325 g/mol. The molecule has 19 heavy (non-hydrogen) atoms. The largest absolute Gasteiger partial charge is 0.458 e. The molecule has 0 aliphatic rings. The number of furan rings is 1. The molecule has 1 unspecified atom stereocenters. The van der Waals surface area contributed by atoms with E-state index in [-0.39, 0.29) is 5.76 Å². The van der Waals surface area contributed by atoms with E-state index in [2.05, 4.69) is 15.9 Å². The zero-order chi connectivity index (χ0) is 14.2. The molecule has 2 rings (SSSR count). The third kappa shape index (κ3) is 3.19. The molecule has 1 N–H and O–H groups in total. The van der Waals surface area contributed by atoms with Crippen molar-refractivity contribution in [3.05, 3.63) is 46.1 Å². The minimum atomic E-state index is -4.42. The zero-order valence-electron chi connectivity index (χ0n) is 9.83.